The summed E-state index contributed by atoms with van der Waals surface area (Å²) in [7, 11) is 2.10. The second kappa shape index (κ2) is 3.95. The third-order valence-electron chi connectivity index (χ3n) is 2.32. The van der Waals surface area contributed by atoms with Gasteiger partial charge in [0.05, 0.1) is 0 Å². The van der Waals surface area contributed by atoms with Crippen molar-refractivity contribution in [3.05, 3.63) is 11.8 Å². The molecule has 0 aliphatic carbocycles. The minimum atomic E-state index is 0.521. The van der Waals surface area contributed by atoms with Gasteiger partial charge in [-0.05, 0) is 12.0 Å². The first-order valence-electron chi connectivity index (χ1n) is 5.02. The molecule has 74 valence electrons. The molecule has 0 aromatic rings. The van der Waals surface area contributed by atoms with Crippen LogP contribution in [-0.4, -0.2) is 24.3 Å². The molecule has 1 heterocycles. The number of rotatable bonds is 2. The highest BCUT2D eigenvalue weighted by atomic mass is 15.2. The van der Waals surface area contributed by atoms with Crippen LogP contribution >= 0.6 is 0 Å². The van der Waals surface area contributed by atoms with Gasteiger partial charge in [-0.3, -0.25) is 0 Å². The van der Waals surface area contributed by atoms with Crippen LogP contribution in [0.4, 0.5) is 0 Å². The number of hydrogen-bond acceptors (Lipinski definition) is 2. The van der Waals surface area contributed by atoms with Crippen LogP contribution in [0.15, 0.2) is 16.8 Å². The quantitative estimate of drug-likeness (QED) is 0.637. The summed E-state index contributed by atoms with van der Waals surface area (Å²) in [4.78, 5) is 6.88. The molecule has 0 atom stereocenters. The molecule has 13 heavy (non-hydrogen) atoms. The summed E-state index contributed by atoms with van der Waals surface area (Å²) in [6, 6.07) is 0. The highest BCUT2D eigenvalue weighted by Crippen LogP contribution is 2.18. The van der Waals surface area contributed by atoms with E-state index in [1.807, 2.05) is 0 Å². The first-order valence-corrected chi connectivity index (χ1v) is 5.02. The van der Waals surface area contributed by atoms with Crippen LogP contribution in [0.5, 0.6) is 0 Å². The molecule has 0 saturated heterocycles. The normalized spacial score (nSPS) is 17.9. The maximum absolute atomic E-state index is 4.67. The van der Waals surface area contributed by atoms with Crippen molar-refractivity contribution in [3.63, 3.8) is 0 Å². The van der Waals surface area contributed by atoms with Gasteiger partial charge in [0.2, 0.25) is 0 Å². The predicted octanol–water partition coefficient (Wildman–Crippen LogP) is 2.53. The first-order chi connectivity index (χ1) is 6.02. The van der Waals surface area contributed by atoms with E-state index in [0.717, 1.165) is 6.54 Å². The molecule has 2 nitrogen and oxygen atoms in total. The molecule has 0 aromatic heterocycles. The molecule has 2 heteroatoms. The van der Waals surface area contributed by atoms with Gasteiger partial charge in [0.25, 0.3) is 0 Å². The molecule has 0 bridgehead atoms. The van der Waals surface area contributed by atoms with Gasteiger partial charge in [-0.15, -0.1) is 0 Å². The Hall–Kier alpha value is -0.790. The molecule has 0 amide bonds. The van der Waals surface area contributed by atoms with Crippen LogP contribution in [0.1, 0.15) is 27.7 Å². The van der Waals surface area contributed by atoms with Gasteiger partial charge in [0, 0.05) is 25.2 Å². The minimum Gasteiger partial charge on any atom is -0.359 e. The van der Waals surface area contributed by atoms with Gasteiger partial charge in [-0.1, -0.05) is 27.7 Å². The van der Waals surface area contributed by atoms with Gasteiger partial charge in [0.15, 0.2) is 0 Å². The Morgan fingerprint density at radius 2 is 1.85 bits per heavy atom. The van der Waals surface area contributed by atoms with Gasteiger partial charge in [0.1, 0.15) is 5.84 Å². The third-order valence-corrected chi connectivity index (χ3v) is 2.32. The van der Waals surface area contributed by atoms with Gasteiger partial charge >= 0.3 is 0 Å². The van der Waals surface area contributed by atoms with Gasteiger partial charge in [-0.25, -0.2) is 4.99 Å². The Kier molecular flexibility index (Phi) is 3.12. The Balaban J connectivity index is 2.85. The van der Waals surface area contributed by atoms with Crippen molar-refractivity contribution in [3.8, 4) is 0 Å². The number of allylic oxidation sites excluding steroid dienone is 1. The maximum Gasteiger partial charge on any atom is 0.107 e. The van der Waals surface area contributed by atoms with Crippen molar-refractivity contribution in [2.24, 2.45) is 16.8 Å². The lowest BCUT2D eigenvalue weighted by Crippen LogP contribution is -2.33. The average molecular weight is 180 g/mol. The Labute approximate surface area is 81.3 Å². The first kappa shape index (κ1) is 10.3. The third kappa shape index (κ3) is 2.33. The highest BCUT2D eigenvalue weighted by Gasteiger charge is 2.16. The molecule has 1 aliphatic rings. The molecule has 0 aromatic carbocycles. The summed E-state index contributed by atoms with van der Waals surface area (Å²) in [5, 5.41) is 0. The predicted molar refractivity (Wildman–Crippen MR) is 57.8 cm³/mol. The second-order valence-corrected chi connectivity index (χ2v) is 4.29. The van der Waals surface area contributed by atoms with Crippen LogP contribution in [0.25, 0.3) is 0 Å². The molecule has 1 aliphatic heterocycles. The fraction of sp³-hybridized carbons (Fsp3) is 0.727. The van der Waals surface area contributed by atoms with Crippen LogP contribution in [0.2, 0.25) is 0 Å². The zero-order chi connectivity index (χ0) is 10.0. The van der Waals surface area contributed by atoms with Crippen molar-refractivity contribution < 1.29 is 0 Å². The average Bonchev–Trinajstić information content (AvgIpc) is 2.04. The number of nitrogens with zero attached hydrogens (tertiary/aromatic N) is 2. The van der Waals surface area contributed by atoms with E-state index in [2.05, 4.69) is 50.7 Å². The topological polar surface area (TPSA) is 15.6 Å². The molecule has 0 unspecified atom stereocenters. The second-order valence-electron chi connectivity index (χ2n) is 4.29. The van der Waals surface area contributed by atoms with Crippen molar-refractivity contribution in [2.75, 3.05) is 13.6 Å². The zero-order valence-corrected chi connectivity index (χ0v) is 9.33. The lowest BCUT2D eigenvalue weighted by Gasteiger charge is -2.27. The lowest BCUT2D eigenvalue weighted by atomic mass is 10.1. The fourth-order valence-corrected chi connectivity index (χ4v) is 1.52. The summed E-state index contributed by atoms with van der Waals surface area (Å²) in [6.07, 6.45) is 2.22. The highest BCUT2D eigenvalue weighted by molar-refractivity contribution is 5.85. The van der Waals surface area contributed by atoms with Crippen molar-refractivity contribution in [1.29, 1.82) is 0 Å². The van der Waals surface area contributed by atoms with E-state index in [1.165, 1.54) is 11.5 Å². The van der Waals surface area contributed by atoms with Gasteiger partial charge in [-0.2, -0.15) is 0 Å². The summed E-state index contributed by atoms with van der Waals surface area (Å²) in [6.45, 7) is 9.78. The molecule has 0 N–H and O–H groups in total. The van der Waals surface area contributed by atoms with Crippen LogP contribution in [-0.2, 0) is 0 Å². The zero-order valence-electron chi connectivity index (χ0n) is 9.33. The molecular formula is C11H20N2. The van der Waals surface area contributed by atoms with E-state index in [-0.39, 0.29) is 0 Å². The molecule has 0 saturated carbocycles. The largest absolute Gasteiger partial charge is 0.359 e. The molecule has 0 radical (unpaired) electrons. The number of hydrogen-bond donors (Lipinski definition) is 0. The van der Waals surface area contributed by atoms with Crippen LogP contribution in [0.3, 0.4) is 0 Å². The van der Waals surface area contributed by atoms with Crippen molar-refractivity contribution >= 4 is 5.84 Å². The van der Waals surface area contributed by atoms with E-state index in [9.17, 15) is 0 Å². The van der Waals surface area contributed by atoms with Crippen LogP contribution < -0.4 is 0 Å². The Morgan fingerprint density at radius 1 is 1.23 bits per heavy atom. The summed E-state index contributed by atoms with van der Waals surface area (Å²) in [5.74, 6) is 2.28. The summed E-state index contributed by atoms with van der Waals surface area (Å²) < 4.78 is 0. The Bertz CT molecular complexity index is 236. The number of aliphatic imine (C=N–C) groups is 1. The number of likely N-dealkylation sites (N-methyl/N-ethyl adjacent to an activating group) is 1. The monoisotopic (exact) mass is 180 g/mol. The standard InChI is InChI=1S/C11H20N2/c1-8(2)10-6-7-13(5)11(12-10)9(3)4/h6,8-9H,7H2,1-5H3. The van der Waals surface area contributed by atoms with Gasteiger partial charge < -0.3 is 4.90 Å². The molecule has 0 spiro atoms. The van der Waals surface area contributed by atoms with Crippen molar-refractivity contribution in [2.45, 2.75) is 27.7 Å². The summed E-state index contributed by atoms with van der Waals surface area (Å²) >= 11 is 0. The maximum atomic E-state index is 4.67. The lowest BCUT2D eigenvalue weighted by molar-refractivity contribution is 0.507. The fourth-order valence-electron chi connectivity index (χ4n) is 1.52. The van der Waals surface area contributed by atoms with E-state index in [1.54, 1.807) is 0 Å². The Morgan fingerprint density at radius 3 is 2.31 bits per heavy atom. The molecule has 1 rings (SSSR count). The van der Waals surface area contributed by atoms with E-state index >= 15 is 0 Å². The molecule has 0 fully saturated rings. The van der Waals surface area contributed by atoms with Crippen LogP contribution in [0, 0.1) is 11.8 Å². The van der Waals surface area contributed by atoms with E-state index in [4.69, 9.17) is 0 Å². The smallest absolute Gasteiger partial charge is 0.107 e. The molecular weight excluding hydrogens is 160 g/mol. The minimum absolute atomic E-state index is 0.521. The van der Waals surface area contributed by atoms with E-state index < -0.39 is 0 Å². The van der Waals surface area contributed by atoms with E-state index in [0.29, 0.717) is 11.8 Å². The summed E-state index contributed by atoms with van der Waals surface area (Å²) in [5.41, 5.74) is 1.24. The number of amidine groups is 1. The van der Waals surface area contributed by atoms with Crippen molar-refractivity contribution in [1.82, 2.24) is 4.90 Å². The SMILES string of the molecule is CC(C)C1=CCN(C)C(C(C)C)=N1.